The van der Waals surface area contributed by atoms with Gasteiger partial charge < -0.3 is 5.32 Å². The Labute approximate surface area is 86.1 Å². The van der Waals surface area contributed by atoms with Gasteiger partial charge in [0, 0.05) is 18.0 Å². The second-order valence-electron chi connectivity index (χ2n) is 4.04. The predicted molar refractivity (Wildman–Crippen MR) is 58.6 cm³/mol. The molecule has 0 spiro atoms. The highest BCUT2D eigenvalue weighted by Crippen LogP contribution is 2.25. The lowest BCUT2D eigenvalue weighted by atomic mass is 9.86. The van der Waals surface area contributed by atoms with E-state index in [2.05, 4.69) is 25.2 Å². The van der Waals surface area contributed by atoms with Crippen LogP contribution in [0, 0.1) is 11.8 Å². The van der Waals surface area contributed by atoms with Crippen LogP contribution in [0.3, 0.4) is 0 Å². The van der Waals surface area contributed by atoms with Gasteiger partial charge in [-0.05, 0) is 18.4 Å². The summed E-state index contributed by atoms with van der Waals surface area (Å²) in [6.45, 7) is 6.25. The van der Waals surface area contributed by atoms with Gasteiger partial charge in [0.2, 0.25) is 5.91 Å². The predicted octanol–water partition coefficient (Wildman–Crippen LogP) is 2.63. The van der Waals surface area contributed by atoms with Crippen molar-refractivity contribution < 1.29 is 4.79 Å². The summed E-state index contributed by atoms with van der Waals surface area (Å²) >= 11 is 0. The summed E-state index contributed by atoms with van der Waals surface area (Å²) in [5.41, 5.74) is 1.08. The standard InChI is InChI=1S/C12H19NO/c1-4-12(14)13-11-8-6-5-7-10(11)9(2)3/h5-6,8-10H,4,7H2,1-3H3,(H,13,14)/t10-/m1/s1. The monoisotopic (exact) mass is 193 g/mol. The molecule has 0 heterocycles. The molecule has 1 amide bonds. The summed E-state index contributed by atoms with van der Waals surface area (Å²) in [6.07, 6.45) is 7.78. The Bertz CT molecular complexity index is 263. The first kappa shape index (κ1) is 11.0. The Morgan fingerprint density at radius 2 is 2.36 bits per heavy atom. The first-order valence-corrected chi connectivity index (χ1v) is 5.31. The van der Waals surface area contributed by atoms with Gasteiger partial charge in [-0.2, -0.15) is 0 Å². The van der Waals surface area contributed by atoms with Crippen LogP contribution in [0.4, 0.5) is 0 Å². The van der Waals surface area contributed by atoms with Gasteiger partial charge in [-0.25, -0.2) is 0 Å². The van der Waals surface area contributed by atoms with E-state index in [9.17, 15) is 4.79 Å². The van der Waals surface area contributed by atoms with Crippen molar-refractivity contribution in [1.29, 1.82) is 0 Å². The Kier molecular flexibility index (Phi) is 3.93. The highest BCUT2D eigenvalue weighted by molar-refractivity contribution is 5.77. The van der Waals surface area contributed by atoms with E-state index >= 15 is 0 Å². The summed E-state index contributed by atoms with van der Waals surface area (Å²) in [6, 6.07) is 0. The molecule has 0 saturated heterocycles. The highest BCUT2D eigenvalue weighted by atomic mass is 16.1. The normalized spacial score (nSPS) is 20.9. The van der Waals surface area contributed by atoms with Gasteiger partial charge in [-0.1, -0.05) is 32.9 Å². The van der Waals surface area contributed by atoms with Gasteiger partial charge >= 0.3 is 0 Å². The zero-order valence-corrected chi connectivity index (χ0v) is 9.21. The van der Waals surface area contributed by atoms with Gasteiger partial charge in [0.15, 0.2) is 0 Å². The third-order valence-electron chi connectivity index (χ3n) is 2.61. The maximum absolute atomic E-state index is 11.3. The molecule has 2 nitrogen and oxygen atoms in total. The molecule has 0 aromatic carbocycles. The zero-order chi connectivity index (χ0) is 10.6. The summed E-state index contributed by atoms with van der Waals surface area (Å²) in [7, 11) is 0. The molecule has 0 saturated carbocycles. The molecular formula is C12H19NO. The largest absolute Gasteiger partial charge is 0.329 e. The molecule has 0 unspecified atom stereocenters. The molecule has 2 heteroatoms. The summed E-state index contributed by atoms with van der Waals surface area (Å²) in [5.74, 6) is 1.15. The van der Waals surface area contributed by atoms with Crippen molar-refractivity contribution in [2.24, 2.45) is 11.8 Å². The number of carbonyl (C=O) groups excluding carboxylic acids is 1. The molecule has 0 aromatic rings. The summed E-state index contributed by atoms with van der Waals surface area (Å²) < 4.78 is 0. The van der Waals surface area contributed by atoms with Crippen LogP contribution in [0.15, 0.2) is 23.9 Å². The number of rotatable bonds is 3. The topological polar surface area (TPSA) is 29.1 Å². The third kappa shape index (κ3) is 2.72. The smallest absolute Gasteiger partial charge is 0.223 e. The molecule has 0 fully saturated rings. The number of hydrogen-bond acceptors (Lipinski definition) is 1. The molecule has 0 bridgehead atoms. The Balaban J connectivity index is 2.67. The minimum absolute atomic E-state index is 0.109. The van der Waals surface area contributed by atoms with Crippen LogP contribution in [0.5, 0.6) is 0 Å². The summed E-state index contributed by atoms with van der Waals surface area (Å²) in [4.78, 5) is 11.3. The fraction of sp³-hybridized carbons (Fsp3) is 0.583. The maximum Gasteiger partial charge on any atom is 0.223 e. The van der Waals surface area contributed by atoms with E-state index in [0.29, 0.717) is 18.3 Å². The number of hydrogen-bond donors (Lipinski definition) is 1. The molecule has 78 valence electrons. The van der Waals surface area contributed by atoms with Crippen LogP contribution >= 0.6 is 0 Å². The quantitative estimate of drug-likeness (QED) is 0.733. The molecular weight excluding hydrogens is 174 g/mol. The van der Waals surface area contributed by atoms with Crippen molar-refractivity contribution >= 4 is 5.91 Å². The van der Waals surface area contributed by atoms with Gasteiger partial charge in [0.1, 0.15) is 0 Å². The molecule has 0 radical (unpaired) electrons. The first-order valence-electron chi connectivity index (χ1n) is 5.31. The number of nitrogens with one attached hydrogen (secondary N) is 1. The van der Waals surface area contributed by atoms with Crippen LogP contribution in [-0.4, -0.2) is 5.91 Å². The molecule has 14 heavy (non-hydrogen) atoms. The first-order chi connectivity index (χ1) is 6.65. The highest BCUT2D eigenvalue weighted by Gasteiger charge is 2.19. The van der Waals surface area contributed by atoms with Crippen molar-refractivity contribution in [1.82, 2.24) is 5.32 Å². The van der Waals surface area contributed by atoms with Gasteiger partial charge in [0.05, 0.1) is 0 Å². The fourth-order valence-electron chi connectivity index (χ4n) is 1.66. The van der Waals surface area contributed by atoms with E-state index in [0.717, 1.165) is 12.1 Å². The Morgan fingerprint density at radius 1 is 1.64 bits per heavy atom. The van der Waals surface area contributed by atoms with E-state index in [1.54, 1.807) is 0 Å². The fourth-order valence-corrected chi connectivity index (χ4v) is 1.66. The number of amides is 1. The van der Waals surface area contributed by atoms with Crippen molar-refractivity contribution in [3.63, 3.8) is 0 Å². The minimum atomic E-state index is 0.109. The Hall–Kier alpha value is -1.05. The van der Waals surface area contributed by atoms with Gasteiger partial charge in [-0.15, -0.1) is 0 Å². The Morgan fingerprint density at radius 3 is 2.93 bits per heavy atom. The van der Waals surface area contributed by atoms with Crippen LogP contribution in [0.2, 0.25) is 0 Å². The van der Waals surface area contributed by atoms with E-state index in [4.69, 9.17) is 0 Å². The SMILES string of the molecule is CCC(=O)NC1=CC=CC[C@@H]1C(C)C. The maximum atomic E-state index is 11.3. The van der Waals surface area contributed by atoms with Crippen LogP contribution < -0.4 is 5.32 Å². The number of allylic oxidation sites excluding steroid dienone is 4. The third-order valence-corrected chi connectivity index (χ3v) is 2.61. The van der Waals surface area contributed by atoms with Crippen LogP contribution in [-0.2, 0) is 4.79 Å². The van der Waals surface area contributed by atoms with Crippen LogP contribution in [0.25, 0.3) is 0 Å². The molecule has 1 aliphatic carbocycles. The van der Waals surface area contributed by atoms with Gasteiger partial charge in [0.25, 0.3) is 0 Å². The van der Waals surface area contributed by atoms with Crippen molar-refractivity contribution in [3.8, 4) is 0 Å². The van der Waals surface area contributed by atoms with Crippen molar-refractivity contribution in [3.05, 3.63) is 23.9 Å². The summed E-state index contributed by atoms with van der Waals surface area (Å²) in [5, 5.41) is 2.97. The van der Waals surface area contributed by atoms with Gasteiger partial charge in [-0.3, -0.25) is 4.79 Å². The second-order valence-corrected chi connectivity index (χ2v) is 4.04. The molecule has 1 rings (SSSR count). The average molecular weight is 193 g/mol. The van der Waals surface area contributed by atoms with E-state index in [1.165, 1.54) is 0 Å². The lowest BCUT2D eigenvalue weighted by Crippen LogP contribution is -2.29. The molecule has 1 N–H and O–H groups in total. The zero-order valence-electron chi connectivity index (χ0n) is 9.21. The van der Waals surface area contributed by atoms with Crippen LogP contribution in [0.1, 0.15) is 33.6 Å². The molecule has 0 aliphatic heterocycles. The second kappa shape index (κ2) is 4.99. The lowest BCUT2D eigenvalue weighted by molar-refractivity contribution is -0.120. The number of carbonyl (C=O) groups is 1. The van der Waals surface area contributed by atoms with Crippen molar-refractivity contribution in [2.75, 3.05) is 0 Å². The molecule has 1 aliphatic rings. The molecule has 0 aromatic heterocycles. The van der Waals surface area contributed by atoms with E-state index < -0.39 is 0 Å². The average Bonchev–Trinajstić information content (AvgIpc) is 2.18. The lowest BCUT2D eigenvalue weighted by Gasteiger charge is -2.25. The molecule has 1 atom stereocenters. The van der Waals surface area contributed by atoms with Crippen molar-refractivity contribution in [2.45, 2.75) is 33.6 Å². The minimum Gasteiger partial charge on any atom is -0.329 e. The van der Waals surface area contributed by atoms with E-state index in [-0.39, 0.29) is 5.91 Å². The van der Waals surface area contributed by atoms with E-state index in [1.807, 2.05) is 19.1 Å².